The van der Waals surface area contributed by atoms with E-state index in [-0.39, 0.29) is 6.10 Å². The molecule has 1 unspecified atom stereocenters. The van der Waals surface area contributed by atoms with Crippen LogP contribution in [0.15, 0.2) is 0 Å². The normalized spacial score (nSPS) is 16.0. The van der Waals surface area contributed by atoms with Crippen LogP contribution in [-0.4, -0.2) is 34.3 Å². The average molecular weight is 278 g/mol. The molecule has 0 aromatic carbocycles. The van der Waals surface area contributed by atoms with Gasteiger partial charge in [-0.15, -0.1) is 0 Å². The third-order valence-corrected chi connectivity index (χ3v) is 3.50. The predicted octanol–water partition coefficient (Wildman–Crippen LogP) is 2.67. The molecule has 5 nitrogen and oxygen atoms in total. The number of hydrogen-bond acceptors (Lipinski definition) is 5. The number of aliphatic hydroxyl groups is 1. The van der Waals surface area contributed by atoms with E-state index < -0.39 is 0 Å². The lowest BCUT2D eigenvalue weighted by atomic mass is 10.2. The number of nitrogens with one attached hydrogen (secondary N) is 2. The third kappa shape index (κ3) is 4.07. The topological polar surface area (TPSA) is 70.1 Å². The van der Waals surface area contributed by atoms with Gasteiger partial charge in [0, 0.05) is 24.6 Å². The van der Waals surface area contributed by atoms with Gasteiger partial charge < -0.3 is 15.7 Å². The van der Waals surface area contributed by atoms with Crippen molar-refractivity contribution >= 4 is 11.6 Å². The van der Waals surface area contributed by atoms with Crippen LogP contribution in [0.1, 0.15) is 56.8 Å². The first-order valence-electron chi connectivity index (χ1n) is 7.66. The molecule has 0 aliphatic heterocycles. The standard InChI is InChI=1S/C15H26N4O/c1-4-8-16-13-11(3)14(17-9-7-10(2)20)19-15(18-13)12-5-6-12/h10,12,20H,4-9H2,1-3H3,(H2,16,17,18,19). The van der Waals surface area contributed by atoms with Crippen molar-refractivity contribution in [3.05, 3.63) is 11.4 Å². The van der Waals surface area contributed by atoms with Crippen molar-refractivity contribution in [1.29, 1.82) is 0 Å². The fourth-order valence-corrected chi connectivity index (χ4v) is 2.05. The van der Waals surface area contributed by atoms with Gasteiger partial charge in [-0.25, -0.2) is 9.97 Å². The molecule has 1 saturated carbocycles. The molecule has 1 aliphatic carbocycles. The summed E-state index contributed by atoms with van der Waals surface area (Å²) in [5.41, 5.74) is 1.06. The SMILES string of the molecule is CCCNc1nc(C2CC2)nc(NCCC(C)O)c1C. The van der Waals surface area contributed by atoms with Crippen molar-refractivity contribution in [1.82, 2.24) is 9.97 Å². The Kier molecular flexibility index (Phi) is 5.17. The van der Waals surface area contributed by atoms with Gasteiger partial charge in [-0.2, -0.15) is 0 Å². The summed E-state index contributed by atoms with van der Waals surface area (Å²) < 4.78 is 0. The second-order valence-electron chi connectivity index (χ2n) is 5.67. The van der Waals surface area contributed by atoms with E-state index in [0.29, 0.717) is 5.92 Å². The van der Waals surface area contributed by atoms with Crippen LogP contribution in [0.2, 0.25) is 0 Å². The maximum atomic E-state index is 9.34. The van der Waals surface area contributed by atoms with Crippen LogP contribution in [0.25, 0.3) is 0 Å². The Balaban J connectivity index is 2.12. The van der Waals surface area contributed by atoms with Gasteiger partial charge in [0.05, 0.1) is 6.10 Å². The second-order valence-corrected chi connectivity index (χ2v) is 5.67. The summed E-state index contributed by atoms with van der Waals surface area (Å²) in [6.07, 6.45) is 3.91. The Morgan fingerprint density at radius 1 is 1.20 bits per heavy atom. The molecule has 1 heterocycles. The minimum Gasteiger partial charge on any atom is -0.393 e. The van der Waals surface area contributed by atoms with Crippen LogP contribution in [-0.2, 0) is 0 Å². The highest BCUT2D eigenvalue weighted by Gasteiger charge is 2.28. The Labute approximate surface area is 121 Å². The summed E-state index contributed by atoms with van der Waals surface area (Å²) >= 11 is 0. The average Bonchev–Trinajstić information content (AvgIpc) is 3.23. The van der Waals surface area contributed by atoms with Crippen LogP contribution in [0.4, 0.5) is 11.6 Å². The maximum Gasteiger partial charge on any atom is 0.136 e. The van der Waals surface area contributed by atoms with Gasteiger partial charge in [0.15, 0.2) is 0 Å². The molecule has 3 N–H and O–H groups in total. The first kappa shape index (κ1) is 15.0. The summed E-state index contributed by atoms with van der Waals surface area (Å²) in [7, 11) is 0. The molecule has 1 aromatic rings. The Morgan fingerprint density at radius 2 is 1.80 bits per heavy atom. The maximum absolute atomic E-state index is 9.34. The number of aromatic nitrogens is 2. The minimum absolute atomic E-state index is 0.287. The summed E-state index contributed by atoms with van der Waals surface area (Å²) in [5.74, 6) is 3.34. The minimum atomic E-state index is -0.287. The molecule has 1 aliphatic rings. The largest absolute Gasteiger partial charge is 0.393 e. The number of rotatable bonds is 8. The molecule has 5 heteroatoms. The van der Waals surface area contributed by atoms with Gasteiger partial charge in [-0.05, 0) is 39.5 Å². The fraction of sp³-hybridized carbons (Fsp3) is 0.733. The molecule has 0 spiro atoms. The van der Waals surface area contributed by atoms with Crippen LogP contribution in [0.3, 0.4) is 0 Å². The Morgan fingerprint density at radius 3 is 2.30 bits per heavy atom. The van der Waals surface area contributed by atoms with Crippen molar-refractivity contribution in [2.75, 3.05) is 23.7 Å². The molecule has 1 fully saturated rings. The van der Waals surface area contributed by atoms with Crippen molar-refractivity contribution in [3.8, 4) is 0 Å². The molecule has 2 rings (SSSR count). The van der Waals surface area contributed by atoms with Gasteiger partial charge in [0.2, 0.25) is 0 Å². The van der Waals surface area contributed by atoms with E-state index in [1.807, 2.05) is 6.92 Å². The van der Waals surface area contributed by atoms with Crippen LogP contribution in [0.5, 0.6) is 0 Å². The number of anilines is 2. The summed E-state index contributed by atoms with van der Waals surface area (Å²) in [4.78, 5) is 9.32. The summed E-state index contributed by atoms with van der Waals surface area (Å²) in [5, 5.41) is 16.1. The quantitative estimate of drug-likeness (QED) is 0.682. The van der Waals surface area contributed by atoms with Crippen LogP contribution >= 0.6 is 0 Å². The van der Waals surface area contributed by atoms with Crippen molar-refractivity contribution in [3.63, 3.8) is 0 Å². The molecule has 0 amide bonds. The Hall–Kier alpha value is -1.36. The molecule has 112 valence electrons. The van der Waals surface area contributed by atoms with Gasteiger partial charge in [0.25, 0.3) is 0 Å². The highest BCUT2D eigenvalue weighted by Crippen LogP contribution is 2.39. The smallest absolute Gasteiger partial charge is 0.136 e. The number of aliphatic hydroxyl groups excluding tert-OH is 1. The van der Waals surface area contributed by atoms with Crippen LogP contribution < -0.4 is 10.6 Å². The fourth-order valence-electron chi connectivity index (χ4n) is 2.05. The molecule has 1 atom stereocenters. The van der Waals surface area contributed by atoms with Gasteiger partial charge >= 0.3 is 0 Å². The monoisotopic (exact) mass is 278 g/mol. The highest BCUT2D eigenvalue weighted by molar-refractivity contribution is 5.57. The van der Waals surface area contributed by atoms with E-state index in [1.165, 1.54) is 12.8 Å². The van der Waals surface area contributed by atoms with Gasteiger partial charge in [0.1, 0.15) is 17.5 Å². The zero-order valence-corrected chi connectivity index (χ0v) is 12.7. The van der Waals surface area contributed by atoms with E-state index in [0.717, 1.165) is 49.0 Å². The lowest BCUT2D eigenvalue weighted by Gasteiger charge is -2.15. The zero-order chi connectivity index (χ0) is 14.5. The Bertz CT molecular complexity index is 444. The lowest BCUT2D eigenvalue weighted by Crippen LogP contribution is -2.14. The number of hydrogen-bond donors (Lipinski definition) is 3. The predicted molar refractivity (Wildman–Crippen MR) is 82.3 cm³/mol. The summed E-state index contributed by atoms with van der Waals surface area (Å²) in [6, 6.07) is 0. The summed E-state index contributed by atoms with van der Waals surface area (Å²) in [6.45, 7) is 7.65. The molecule has 0 bridgehead atoms. The van der Waals surface area contributed by atoms with Crippen molar-refractivity contribution in [2.45, 2.75) is 58.5 Å². The molecule has 0 radical (unpaired) electrons. The van der Waals surface area contributed by atoms with E-state index in [9.17, 15) is 5.11 Å². The first-order valence-corrected chi connectivity index (χ1v) is 7.66. The number of nitrogens with zero attached hydrogens (tertiary/aromatic N) is 2. The highest BCUT2D eigenvalue weighted by atomic mass is 16.3. The lowest BCUT2D eigenvalue weighted by molar-refractivity contribution is 0.188. The van der Waals surface area contributed by atoms with Gasteiger partial charge in [-0.1, -0.05) is 6.92 Å². The molecule has 20 heavy (non-hydrogen) atoms. The molecular formula is C15H26N4O. The van der Waals surface area contributed by atoms with E-state index in [1.54, 1.807) is 6.92 Å². The van der Waals surface area contributed by atoms with Gasteiger partial charge in [-0.3, -0.25) is 0 Å². The molecule has 1 aromatic heterocycles. The van der Waals surface area contributed by atoms with E-state index in [4.69, 9.17) is 0 Å². The van der Waals surface area contributed by atoms with E-state index in [2.05, 4.69) is 27.5 Å². The van der Waals surface area contributed by atoms with Crippen LogP contribution in [0, 0.1) is 6.92 Å². The van der Waals surface area contributed by atoms with E-state index >= 15 is 0 Å². The third-order valence-electron chi connectivity index (χ3n) is 3.50. The molecule has 0 saturated heterocycles. The zero-order valence-electron chi connectivity index (χ0n) is 12.7. The first-order chi connectivity index (χ1) is 9.61. The van der Waals surface area contributed by atoms with Crippen molar-refractivity contribution < 1.29 is 5.11 Å². The second kappa shape index (κ2) is 6.88. The van der Waals surface area contributed by atoms with Crippen molar-refractivity contribution in [2.24, 2.45) is 0 Å². The molecular weight excluding hydrogens is 252 g/mol.